The third-order valence-electron chi connectivity index (χ3n) is 5.39. The molecule has 0 atom stereocenters. The van der Waals surface area contributed by atoms with Crippen LogP contribution in [0.25, 0.3) is 0 Å². The van der Waals surface area contributed by atoms with Gasteiger partial charge >= 0.3 is 6.03 Å². The SMILES string of the molecule is COc1ccc(C#N)cc1NC(=O)CN1C(=O)N(C)C2(CCCCC2)C1=O. The maximum absolute atomic E-state index is 12.9. The Hall–Kier alpha value is -3.08. The molecule has 8 heteroatoms. The van der Waals surface area contributed by atoms with E-state index in [1.165, 1.54) is 18.1 Å². The zero-order valence-electron chi connectivity index (χ0n) is 15.4. The number of nitrogens with one attached hydrogen (secondary N) is 1. The molecule has 2 aliphatic rings. The van der Waals surface area contributed by atoms with Gasteiger partial charge in [0.1, 0.15) is 17.8 Å². The number of benzene rings is 1. The van der Waals surface area contributed by atoms with Crippen molar-refractivity contribution < 1.29 is 19.1 Å². The molecule has 0 bridgehead atoms. The number of rotatable bonds is 4. The smallest absolute Gasteiger partial charge is 0.327 e. The molecule has 1 aliphatic carbocycles. The lowest BCUT2D eigenvalue weighted by molar-refractivity contribution is -0.136. The van der Waals surface area contributed by atoms with Crippen LogP contribution in [0.5, 0.6) is 5.75 Å². The highest BCUT2D eigenvalue weighted by Gasteiger charge is 2.55. The van der Waals surface area contributed by atoms with E-state index in [0.29, 0.717) is 29.8 Å². The number of nitriles is 1. The van der Waals surface area contributed by atoms with E-state index >= 15 is 0 Å². The van der Waals surface area contributed by atoms with Gasteiger partial charge in [-0.25, -0.2) is 4.79 Å². The monoisotopic (exact) mass is 370 g/mol. The summed E-state index contributed by atoms with van der Waals surface area (Å²) in [6.07, 6.45) is 4.09. The molecule has 0 radical (unpaired) electrons. The number of carbonyl (C=O) groups excluding carboxylic acids is 3. The van der Waals surface area contributed by atoms with Gasteiger partial charge in [0.15, 0.2) is 0 Å². The van der Waals surface area contributed by atoms with Gasteiger partial charge < -0.3 is 15.0 Å². The molecule has 142 valence electrons. The van der Waals surface area contributed by atoms with Crippen LogP contribution >= 0.6 is 0 Å². The minimum Gasteiger partial charge on any atom is -0.495 e. The first kappa shape index (κ1) is 18.7. The molecule has 1 aromatic carbocycles. The van der Waals surface area contributed by atoms with Crippen molar-refractivity contribution in [3.63, 3.8) is 0 Å². The second kappa shape index (κ2) is 7.27. The van der Waals surface area contributed by atoms with Gasteiger partial charge in [0.25, 0.3) is 5.91 Å². The fourth-order valence-corrected chi connectivity index (χ4v) is 3.88. The highest BCUT2D eigenvalue weighted by atomic mass is 16.5. The van der Waals surface area contributed by atoms with Crippen molar-refractivity contribution in [1.82, 2.24) is 9.80 Å². The summed E-state index contributed by atoms with van der Waals surface area (Å²) in [5.74, 6) is -0.434. The Morgan fingerprint density at radius 2 is 2.00 bits per heavy atom. The molecular weight excluding hydrogens is 348 g/mol. The highest BCUT2D eigenvalue weighted by Crippen LogP contribution is 2.39. The number of hydrogen-bond acceptors (Lipinski definition) is 5. The largest absolute Gasteiger partial charge is 0.495 e. The first-order chi connectivity index (χ1) is 12.9. The first-order valence-electron chi connectivity index (χ1n) is 8.90. The molecule has 1 aliphatic heterocycles. The van der Waals surface area contributed by atoms with Gasteiger partial charge in [-0.05, 0) is 31.0 Å². The molecule has 1 aromatic rings. The lowest BCUT2D eigenvalue weighted by atomic mass is 9.81. The van der Waals surface area contributed by atoms with E-state index in [1.807, 2.05) is 6.07 Å². The lowest BCUT2D eigenvalue weighted by Gasteiger charge is -2.35. The Kier molecular flexibility index (Phi) is 5.04. The average Bonchev–Trinajstić information content (AvgIpc) is 2.85. The maximum Gasteiger partial charge on any atom is 0.327 e. The number of amides is 4. The molecule has 8 nitrogen and oxygen atoms in total. The Balaban J connectivity index is 1.76. The third-order valence-corrected chi connectivity index (χ3v) is 5.39. The van der Waals surface area contributed by atoms with Gasteiger partial charge in [-0.15, -0.1) is 0 Å². The number of likely N-dealkylation sites (N-methyl/N-ethyl adjacent to an activating group) is 1. The molecular formula is C19H22N4O4. The van der Waals surface area contributed by atoms with Crippen molar-refractivity contribution in [3.8, 4) is 11.8 Å². The van der Waals surface area contributed by atoms with E-state index in [-0.39, 0.29) is 12.5 Å². The summed E-state index contributed by atoms with van der Waals surface area (Å²) in [4.78, 5) is 40.5. The fourth-order valence-electron chi connectivity index (χ4n) is 3.88. The molecule has 0 aromatic heterocycles. The highest BCUT2D eigenvalue weighted by molar-refractivity contribution is 6.10. The average molecular weight is 370 g/mol. The summed E-state index contributed by atoms with van der Waals surface area (Å²) in [7, 11) is 3.08. The van der Waals surface area contributed by atoms with Crippen molar-refractivity contribution in [3.05, 3.63) is 23.8 Å². The maximum atomic E-state index is 12.9. The minimum absolute atomic E-state index is 0.303. The van der Waals surface area contributed by atoms with Crippen LogP contribution in [0, 0.1) is 11.3 Å². The van der Waals surface area contributed by atoms with Crippen molar-refractivity contribution in [2.24, 2.45) is 0 Å². The number of nitrogens with zero attached hydrogens (tertiary/aromatic N) is 3. The molecule has 1 N–H and O–H groups in total. The molecule has 27 heavy (non-hydrogen) atoms. The number of methoxy groups -OCH3 is 1. The second-order valence-electron chi connectivity index (χ2n) is 6.90. The number of urea groups is 1. The molecule has 4 amide bonds. The van der Waals surface area contributed by atoms with E-state index in [9.17, 15) is 14.4 Å². The molecule has 1 saturated carbocycles. The van der Waals surface area contributed by atoms with Gasteiger partial charge in [-0.3, -0.25) is 14.5 Å². The normalized spacial score (nSPS) is 18.6. The number of imide groups is 1. The fraction of sp³-hybridized carbons (Fsp3) is 0.474. The number of anilines is 1. The number of ether oxygens (including phenoxy) is 1. The summed E-state index contributed by atoms with van der Waals surface area (Å²) in [6, 6.07) is 6.18. The van der Waals surface area contributed by atoms with Crippen LogP contribution in [0.4, 0.5) is 10.5 Å². The third kappa shape index (κ3) is 3.21. The molecule has 1 saturated heterocycles. The lowest BCUT2D eigenvalue weighted by Crippen LogP contribution is -2.49. The van der Waals surface area contributed by atoms with Crippen molar-refractivity contribution >= 4 is 23.5 Å². The quantitative estimate of drug-likeness (QED) is 0.818. The summed E-state index contributed by atoms with van der Waals surface area (Å²) in [6.45, 7) is -0.371. The predicted octanol–water partition coefficient (Wildman–Crippen LogP) is 2.10. The van der Waals surface area contributed by atoms with Crippen LogP contribution < -0.4 is 10.1 Å². The van der Waals surface area contributed by atoms with Crippen LogP contribution in [-0.2, 0) is 9.59 Å². The van der Waals surface area contributed by atoms with Crippen LogP contribution in [0.1, 0.15) is 37.7 Å². The van der Waals surface area contributed by atoms with Gasteiger partial charge in [0.2, 0.25) is 5.91 Å². The van der Waals surface area contributed by atoms with E-state index in [2.05, 4.69) is 5.32 Å². The predicted molar refractivity (Wildman–Crippen MR) is 97.0 cm³/mol. The van der Waals surface area contributed by atoms with Gasteiger partial charge in [-0.2, -0.15) is 5.26 Å². The van der Waals surface area contributed by atoms with Gasteiger partial charge in [0, 0.05) is 7.05 Å². The van der Waals surface area contributed by atoms with E-state index in [0.717, 1.165) is 24.2 Å². The Morgan fingerprint density at radius 3 is 2.63 bits per heavy atom. The molecule has 1 spiro atoms. The first-order valence-corrected chi connectivity index (χ1v) is 8.90. The van der Waals surface area contributed by atoms with Crippen LogP contribution in [0.3, 0.4) is 0 Å². The zero-order chi connectivity index (χ0) is 19.6. The molecule has 2 fully saturated rings. The summed E-state index contributed by atoms with van der Waals surface area (Å²) >= 11 is 0. The van der Waals surface area contributed by atoms with Crippen LogP contribution in [0.2, 0.25) is 0 Å². The Morgan fingerprint density at radius 1 is 1.30 bits per heavy atom. The van der Waals surface area contributed by atoms with E-state index in [1.54, 1.807) is 19.2 Å². The van der Waals surface area contributed by atoms with Gasteiger partial charge in [-0.1, -0.05) is 19.3 Å². The molecule has 1 heterocycles. The van der Waals surface area contributed by atoms with E-state index in [4.69, 9.17) is 10.00 Å². The van der Waals surface area contributed by atoms with Crippen LogP contribution in [-0.4, -0.2) is 53.9 Å². The van der Waals surface area contributed by atoms with Crippen molar-refractivity contribution in [1.29, 1.82) is 5.26 Å². The summed E-state index contributed by atoms with van der Waals surface area (Å²) in [5, 5.41) is 11.7. The van der Waals surface area contributed by atoms with E-state index < -0.39 is 17.5 Å². The molecule has 0 unspecified atom stereocenters. The van der Waals surface area contributed by atoms with Crippen molar-refractivity contribution in [2.45, 2.75) is 37.6 Å². The van der Waals surface area contributed by atoms with Gasteiger partial charge in [0.05, 0.1) is 24.4 Å². The number of carbonyl (C=O) groups is 3. The minimum atomic E-state index is -0.811. The topological polar surface area (TPSA) is 103 Å². The standard InChI is InChI=1S/C19H22N4O4/c1-22-18(26)23(17(25)19(22)8-4-3-5-9-19)12-16(24)21-14-10-13(11-20)6-7-15(14)27-2/h6-7,10H,3-5,8-9,12H2,1-2H3,(H,21,24). The second-order valence-corrected chi connectivity index (χ2v) is 6.90. The zero-order valence-corrected chi connectivity index (χ0v) is 15.4. The van der Waals surface area contributed by atoms with Crippen LogP contribution in [0.15, 0.2) is 18.2 Å². The summed E-state index contributed by atoms with van der Waals surface area (Å²) in [5.41, 5.74) is -0.129. The van der Waals surface area contributed by atoms with Crippen molar-refractivity contribution in [2.75, 3.05) is 26.0 Å². The Labute approximate surface area is 157 Å². The molecule has 3 rings (SSSR count). The number of hydrogen-bond donors (Lipinski definition) is 1. The summed E-state index contributed by atoms with van der Waals surface area (Å²) < 4.78 is 5.19. The Bertz CT molecular complexity index is 823.